The molecule has 0 saturated heterocycles. The van der Waals surface area contributed by atoms with Crippen LogP contribution in [0.5, 0.6) is 0 Å². The molecule has 1 amide bonds. The summed E-state index contributed by atoms with van der Waals surface area (Å²) in [6.45, 7) is 2.94. The third-order valence-electron chi connectivity index (χ3n) is 4.86. The number of aliphatic imine (C=N–C) groups is 1. The summed E-state index contributed by atoms with van der Waals surface area (Å²) >= 11 is 1.72. The van der Waals surface area contributed by atoms with Gasteiger partial charge in [-0.05, 0) is 37.3 Å². The smallest absolute Gasteiger partial charge is 0.243 e. The van der Waals surface area contributed by atoms with E-state index in [1.54, 1.807) is 30.3 Å². The van der Waals surface area contributed by atoms with Crippen molar-refractivity contribution in [1.29, 1.82) is 0 Å². The molecule has 1 atom stereocenters. The van der Waals surface area contributed by atoms with Crippen LogP contribution in [0.4, 0.5) is 0 Å². The SMILES string of the molecule is Cc1cnc(CCNC(=NCC(=O)N(C)C)NC2CCc3ccccc3C2)s1. The maximum Gasteiger partial charge on any atom is 0.243 e. The second-order valence-corrected chi connectivity index (χ2v) is 8.67. The van der Waals surface area contributed by atoms with Crippen LogP contribution in [0.15, 0.2) is 35.5 Å². The third kappa shape index (κ3) is 5.79. The van der Waals surface area contributed by atoms with Crippen LogP contribution in [0.2, 0.25) is 0 Å². The molecular weight excluding hydrogens is 370 g/mol. The number of carbonyl (C=O) groups excluding carboxylic acids is 1. The van der Waals surface area contributed by atoms with Crippen molar-refractivity contribution in [2.75, 3.05) is 27.2 Å². The molecule has 1 aromatic heterocycles. The fraction of sp³-hybridized carbons (Fsp3) is 0.476. The van der Waals surface area contributed by atoms with Crippen molar-refractivity contribution in [3.63, 3.8) is 0 Å². The number of hydrogen-bond acceptors (Lipinski definition) is 4. The Morgan fingerprint density at radius 1 is 1.32 bits per heavy atom. The van der Waals surface area contributed by atoms with Gasteiger partial charge in [0, 0.05) is 44.2 Å². The maximum atomic E-state index is 12.0. The predicted octanol–water partition coefficient (Wildman–Crippen LogP) is 2.17. The largest absolute Gasteiger partial charge is 0.356 e. The molecule has 28 heavy (non-hydrogen) atoms. The van der Waals surface area contributed by atoms with E-state index in [1.165, 1.54) is 16.0 Å². The highest BCUT2D eigenvalue weighted by molar-refractivity contribution is 7.11. The molecule has 0 saturated carbocycles. The van der Waals surface area contributed by atoms with Crippen molar-refractivity contribution in [2.45, 2.75) is 38.6 Å². The normalized spacial score (nSPS) is 16.4. The first-order valence-electron chi connectivity index (χ1n) is 9.74. The molecule has 2 N–H and O–H groups in total. The Bertz CT molecular complexity index is 830. The number of benzene rings is 1. The lowest BCUT2D eigenvalue weighted by molar-refractivity contribution is -0.127. The summed E-state index contributed by atoms with van der Waals surface area (Å²) in [4.78, 5) is 23.7. The highest BCUT2D eigenvalue weighted by atomic mass is 32.1. The Balaban J connectivity index is 1.60. The molecule has 7 heteroatoms. The van der Waals surface area contributed by atoms with E-state index in [-0.39, 0.29) is 12.5 Å². The van der Waals surface area contributed by atoms with Crippen LogP contribution in [0, 0.1) is 6.92 Å². The van der Waals surface area contributed by atoms with Gasteiger partial charge in [-0.3, -0.25) is 4.79 Å². The summed E-state index contributed by atoms with van der Waals surface area (Å²) in [5, 5.41) is 8.02. The minimum atomic E-state index is -0.00867. The molecule has 0 bridgehead atoms. The summed E-state index contributed by atoms with van der Waals surface area (Å²) < 4.78 is 0. The van der Waals surface area contributed by atoms with Crippen molar-refractivity contribution >= 4 is 23.2 Å². The number of likely N-dealkylation sites (N-methyl/N-ethyl adjacent to an activating group) is 1. The summed E-state index contributed by atoms with van der Waals surface area (Å²) in [6, 6.07) is 8.94. The van der Waals surface area contributed by atoms with Crippen molar-refractivity contribution in [2.24, 2.45) is 4.99 Å². The van der Waals surface area contributed by atoms with Gasteiger partial charge in [0.25, 0.3) is 0 Å². The monoisotopic (exact) mass is 399 g/mol. The van der Waals surface area contributed by atoms with Gasteiger partial charge in [0.05, 0.1) is 5.01 Å². The summed E-state index contributed by atoms with van der Waals surface area (Å²) in [6.07, 6.45) is 5.85. The Kier molecular flexibility index (Phi) is 7.03. The van der Waals surface area contributed by atoms with E-state index in [2.05, 4.69) is 51.8 Å². The van der Waals surface area contributed by atoms with Crippen molar-refractivity contribution in [3.8, 4) is 0 Å². The molecule has 1 aliphatic carbocycles. The van der Waals surface area contributed by atoms with E-state index in [9.17, 15) is 4.79 Å². The Labute approximate surface area is 171 Å². The zero-order valence-corrected chi connectivity index (χ0v) is 17.7. The molecule has 0 fully saturated rings. The molecule has 2 aromatic rings. The van der Waals surface area contributed by atoms with E-state index in [4.69, 9.17) is 0 Å². The maximum absolute atomic E-state index is 12.0. The van der Waals surface area contributed by atoms with Gasteiger partial charge in [0.1, 0.15) is 6.54 Å². The molecule has 3 rings (SSSR count). The van der Waals surface area contributed by atoms with E-state index < -0.39 is 0 Å². The quantitative estimate of drug-likeness (QED) is 0.577. The van der Waals surface area contributed by atoms with E-state index >= 15 is 0 Å². The zero-order valence-electron chi connectivity index (χ0n) is 16.9. The van der Waals surface area contributed by atoms with Gasteiger partial charge >= 0.3 is 0 Å². The molecule has 0 aliphatic heterocycles. The number of thiazole rings is 1. The predicted molar refractivity (Wildman–Crippen MR) is 115 cm³/mol. The molecule has 1 aliphatic rings. The molecule has 1 unspecified atom stereocenters. The Hall–Kier alpha value is -2.41. The van der Waals surface area contributed by atoms with Gasteiger partial charge in [-0.1, -0.05) is 24.3 Å². The second-order valence-electron chi connectivity index (χ2n) is 7.35. The average Bonchev–Trinajstić information content (AvgIpc) is 3.10. The topological polar surface area (TPSA) is 69.6 Å². The standard InChI is InChI=1S/C21H29N5OS/c1-15-13-23-19(28-15)10-11-22-21(24-14-20(27)26(2)3)25-18-9-8-16-6-4-5-7-17(16)12-18/h4-7,13,18H,8-12,14H2,1-3H3,(H2,22,24,25). The van der Waals surface area contributed by atoms with E-state index in [1.807, 2.05) is 6.20 Å². The second kappa shape index (κ2) is 9.68. The number of nitrogens with zero attached hydrogens (tertiary/aromatic N) is 3. The average molecular weight is 400 g/mol. The van der Waals surface area contributed by atoms with Gasteiger partial charge in [0.15, 0.2) is 5.96 Å². The number of carbonyl (C=O) groups is 1. The molecule has 1 aromatic carbocycles. The summed E-state index contributed by atoms with van der Waals surface area (Å²) in [5.74, 6) is 0.693. The molecule has 1 heterocycles. The first-order chi connectivity index (χ1) is 13.5. The lowest BCUT2D eigenvalue weighted by Gasteiger charge is -2.27. The van der Waals surface area contributed by atoms with Crippen molar-refractivity contribution in [1.82, 2.24) is 20.5 Å². The van der Waals surface area contributed by atoms with Gasteiger partial charge < -0.3 is 15.5 Å². The van der Waals surface area contributed by atoms with Crippen molar-refractivity contribution in [3.05, 3.63) is 51.5 Å². The first kappa shape index (κ1) is 20.3. The van der Waals surface area contributed by atoms with Crippen LogP contribution >= 0.6 is 11.3 Å². The molecule has 6 nitrogen and oxygen atoms in total. The number of aryl methyl sites for hydroxylation is 2. The number of aromatic nitrogens is 1. The van der Waals surface area contributed by atoms with Crippen LogP contribution in [-0.2, 0) is 24.1 Å². The fourth-order valence-electron chi connectivity index (χ4n) is 3.26. The highest BCUT2D eigenvalue weighted by Gasteiger charge is 2.19. The minimum Gasteiger partial charge on any atom is -0.356 e. The van der Waals surface area contributed by atoms with Gasteiger partial charge in [-0.2, -0.15) is 0 Å². The number of guanidine groups is 1. The van der Waals surface area contributed by atoms with Gasteiger partial charge in [0.2, 0.25) is 5.91 Å². The summed E-state index contributed by atoms with van der Waals surface area (Å²) in [5.41, 5.74) is 2.84. The van der Waals surface area contributed by atoms with Gasteiger partial charge in [-0.25, -0.2) is 9.98 Å². The van der Waals surface area contributed by atoms with E-state index in [0.717, 1.165) is 37.2 Å². The molecule has 150 valence electrons. The van der Waals surface area contributed by atoms with Crippen LogP contribution in [0.1, 0.15) is 27.4 Å². The van der Waals surface area contributed by atoms with Crippen LogP contribution in [0.25, 0.3) is 0 Å². The number of nitrogens with one attached hydrogen (secondary N) is 2. The fourth-order valence-corrected chi connectivity index (χ4v) is 4.05. The highest BCUT2D eigenvalue weighted by Crippen LogP contribution is 2.21. The molecule has 0 radical (unpaired) electrons. The van der Waals surface area contributed by atoms with Crippen molar-refractivity contribution < 1.29 is 4.79 Å². The lowest BCUT2D eigenvalue weighted by Crippen LogP contribution is -2.46. The van der Waals surface area contributed by atoms with Crippen LogP contribution in [0.3, 0.4) is 0 Å². The van der Waals surface area contributed by atoms with E-state index in [0.29, 0.717) is 12.0 Å². The van der Waals surface area contributed by atoms with Gasteiger partial charge in [-0.15, -0.1) is 11.3 Å². The Morgan fingerprint density at radius 2 is 2.11 bits per heavy atom. The number of rotatable bonds is 6. The number of fused-ring (bicyclic) bond motifs is 1. The number of hydrogen-bond donors (Lipinski definition) is 2. The Morgan fingerprint density at radius 3 is 2.82 bits per heavy atom. The number of amides is 1. The lowest BCUT2D eigenvalue weighted by atomic mass is 9.88. The van der Waals surface area contributed by atoms with Crippen LogP contribution < -0.4 is 10.6 Å². The minimum absolute atomic E-state index is 0.00867. The zero-order chi connectivity index (χ0) is 19.9. The first-order valence-corrected chi connectivity index (χ1v) is 10.6. The van der Waals surface area contributed by atoms with Crippen LogP contribution in [-0.4, -0.2) is 55.0 Å². The third-order valence-corrected chi connectivity index (χ3v) is 5.83. The molecular formula is C21H29N5OS. The summed E-state index contributed by atoms with van der Waals surface area (Å²) in [7, 11) is 3.50. The molecule has 0 spiro atoms.